The van der Waals surface area contributed by atoms with Crippen LogP contribution in [-0.2, 0) is 0 Å². The summed E-state index contributed by atoms with van der Waals surface area (Å²) in [5.41, 5.74) is 1.42. The minimum Gasteiger partial charge on any atom is -0.360 e. The van der Waals surface area contributed by atoms with E-state index in [4.69, 9.17) is 18.2 Å². The van der Waals surface area contributed by atoms with E-state index in [0.29, 0.717) is 10.7 Å². The highest BCUT2D eigenvalue weighted by Gasteiger charge is 2.05. The number of nitrogens with one attached hydrogen (secondary N) is 1. The Morgan fingerprint density at radius 3 is 2.92 bits per heavy atom. The first-order chi connectivity index (χ1) is 6.22. The van der Waals surface area contributed by atoms with E-state index in [1.165, 1.54) is 0 Å². The molecule has 0 saturated heterocycles. The van der Waals surface area contributed by atoms with Gasteiger partial charge in [0.25, 0.3) is 0 Å². The molecular weight excluding hydrogens is 251 g/mol. The molecule has 0 aliphatic rings. The number of aromatic nitrogens is 1. The third-order valence-corrected chi connectivity index (χ3v) is 2.78. The van der Waals surface area contributed by atoms with Crippen molar-refractivity contribution in [2.75, 3.05) is 0 Å². The first-order valence-electron chi connectivity index (χ1n) is 3.56. The second-order valence-electron chi connectivity index (χ2n) is 2.60. The van der Waals surface area contributed by atoms with Crippen LogP contribution < -0.4 is 0 Å². The van der Waals surface area contributed by atoms with Crippen molar-refractivity contribution in [3.8, 4) is 0 Å². The lowest BCUT2D eigenvalue weighted by Gasteiger charge is -1.95. The lowest BCUT2D eigenvalue weighted by Crippen LogP contribution is -1.69. The summed E-state index contributed by atoms with van der Waals surface area (Å²) in [6.45, 7) is 6.90. The highest BCUT2D eigenvalue weighted by atomic mass is 79.9. The van der Waals surface area contributed by atoms with Gasteiger partial charge in [-0.25, -0.2) is 4.85 Å². The maximum Gasteiger partial charge on any atom is 0.206 e. The van der Waals surface area contributed by atoms with Gasteiger partial charge in [-0.3, -0.25) is 0 Å². The minimum absolute atomic E-state index is 0.481. The zero-order valence-corrected chi connectivity index (χ0v) is 8.78. The number of H-pyrrole nitrogens is 1. The molecule has 1 aromatic carbocycles. The first kappa shape index (κ1) is 8.61. The molecule has 0 bridgehead atoms. The van der Waals surface area contributed by atoms with Crippen LogP contribution in [0.1, 0.15) is 0 Å². The van der Waals surface area contributed by atoms with Crippen molar-refractivity contribution < 1.29 is 0 Å². The Hall–Kier alpha value is -0.980. The molecule has 0 aliphatic carbocycles. The largest absolute Gasteiger partial charge is 0.360 e. The molecule has 1 N–H and O–H groups in total. The van der Waals surface area contributed by atoms with Crippen molar-refractivity contribution in [3.63, 3.8) is 0 Å². The van der Waals surface area contributed by atoms with E-state index in [0.717, 1.165) is 15.4 Å². The number of benzene rings is 1. The molecule has 1 heterocycles. The van der Waals surface area contributed by atoms with Crippen LogP contribution >= 0.6 is 27.5 Å². The van der Waals surface area contributed by atoms with Crippen molar-refractivity contribution in [1.29, 1.82) is 0 Å². The SMILES string of the molecule is [C-]#[N+]c1cc2c(Br)c[nH]c2cc1Cl. The average molecular weight is 256 g/mol. The third kappa shape index (κ3) is 1.32. The average Bonchev–Trinajstić information content (AvgIpc) is 2.46. The van der Waals surface area contributed by atoms with Crippen LogP contribution in [-0.4, -0.2) is 4.98 Å². The van der Waals surface area contributed by atoms with Crippen LogP contribution in [0, 0.1) is 6.57 Å². The zero-order valence-electron chi connectivity index (χ0n) is 6.44. The maximum atomic E-state index is 6.90. The third-order valence-electron chi connectivity index (χ3n) is 1.82. The van der Waals surface area contributed by atoms with Gasteiger partial charge in [-0.1, -0.05) is 11.6 Å². The Labute approximate surface area is 88.5 Å². The summed E-state index contributed by atoms with van der Waals surface area (Å²) in [5.74, 6) is 0. The van der Waals surface area contributed by atoms with Crippen LogP contribution in [0.5, 0.6) is 0 Å². The Kier molecular flexibility index (Phi) is 2.03. The van der Waals surface area contributed by atoms with Gasteiger partial charge < -0.3 is 4.98 Å². The molecule has 1 aromatic heterocycles. The minimum atomic E-state index is 0.481. The van der Waals surface area contributed by atoms with Crippen molar-refractivity contribution in [2.24, 2.45) is 0 Å². The maximum absolute atomic E-state index is 6.90. The van der Waals surface area contributed by atoms with E-state index in [-0.39, 0.29) is 0 Å². The Bertz CT molecular complexity index is 510. The van der Waals surface area contributed by atoms with E-state index < -0.39 is 0 Å². The Morgan fingerprint density at radius 1 is 1.46 bits per heavy atom. The molecular formula is C9H4BrClN2. The normalized spacial score (nSPS) is 10.2. The number of fused-ring (bicyclic) bond motifs is 1. The molecule has 64 valence electrons. The van der Waals surface area contributed by atoms with Gasteiger partial charge in [0.15, 0.2) is 0 Å². The van der Waals surface area contributed by atoms with Crippen LogP contribution in [0.15, 0.2) is 22.8 Å². The van der Waals surface area contributed by atoms with E-state index in [2.05, 4.69) is 25.8 Å². The fourth-order valence-corrected chi connectivity index (χ4v) is 1.83. The van der Waals surface area contributed by atoms with E-state index in [9.17, 15) is 0 Å². The quantitative estimate of drug-likeness (QED) is 0.683. The molecule has 2 rings (SSSR count). The molecule has 0 fully saturated rings. The lowest BCUT2D eigenvalue weighted by atomic mass is 10.2. The number of aromatic amines is 1. The molecule has 0 radical (unpaired) electrons. The topological polar surface area (TPSA) is 20.1 Å². The molecule has 0 spiro atoms. The number of rotatable bonds is 0. The highest BCUT2D eigenvalue weighted by Crippen LogP contribution is 2.33. The van der Waals surface area contributed by atoms with E-state index >= 15 is 0 Å². The van der Waals surface area contributed by atoms with Gasteiger partial charge >= 0.3 is 0 Å². The van der Waals surface area contributed by atoms with Crippen LogP contribution in [0.2, 0.25) is 5.02 Å². The van der Waals surface area contributed by atoms with Gasteiger partial charge in [0, 0.05) is 26.6 Å². The van der Waals surface area contributed by atoms with E-state index in [1.807, 2.05) is 6.20 Å². The molecule has 2 aromatic rings. The highest BCUT2D eigenvalue weighted by molar-refractivity contribution is 9.10. The summed E-state index contributed by atoms with van der Waals surface area (Å²) in [6, 6.07) is 3.53. The van der Waals surface area contributed by atoms with Gasteiger partial charge in [0.05, 0.1) is 6.57 Å². The molecule has 13 heavy (non-hydrogen) atoms. The standard InChI is InChI=1S/C9H4BrClN2/c1-12-9-2-5-6(10)4-13-8(5)3-7(9)11/h2-4,13H. The monoisotopic (exact) mass is 254 g/mol. The second-order valence-corrected chi connectivity index (χ2v) is 3.86. The summed E-state index contributed by atoms with van der Waals surface area (Å²) >= 11 is 9.24. The van der Waals surface area contributed by atoms with Crippen LogP contribution in [0.25, 0.3) is 15.7 Å². The summed E-state index contributed by atoms with van der Waals surface area (Å²) in [5, 5.41) is 1.47. The summed E-state index contributed by atoms with van der Waals surface area (Å²) in [4.78, 5) is 6.37. The predicted octanol–water partition coefficient (Wildman–Crippen LogP) is 4.13. The molecule has 4 heteroatoms. The number of hydrogen-bond donors (Lipinski definition) is 1. The second kappa shape index (κ2) is 3.06. The van der Waals surface area contributed by atoms with Crippen molar-refractivity contribution in [2.45, 2.75) is 0 Å². The molecule has 0 amide bonds. The number of halogens is 2. The van der Waals surface area contributed by atoms with Crippen molar-refractivity contribution >= 4 is 44.1 Å². The lowest BCUT2D eigenvalue weighted by molar-refractivity contribution is 1.47. The fourth-order valence-electron chi connectivity index (χ4n) is 1.18. The molecule has 2 nitrogen and oxygen atoms in total. The molecule has 0 unspecified atom stereocenters. The van der Waals surface area contributed by atoms with Gasteiger partial charge in [-0.15, -0.1) is 0 Å². The first-order valence-corrected chi connectivity index (χ1v) is 4.73. The predicted molar refractivity (Wildman–Crippen MR) is 57.3 cm³/mol. The van der Waals surface area contributed by atoms with Gasteiger partial charge in [0.1, 0.15) is 0 Å². The van der Waals surface area contributed by atoms with Gasteiger partial charge in [-0.05, 0) is 28.1 Å². The van der Waals surface area contributed by atoms with Crippen molar-refractivity contribution in [3.05, 3.63) is 39.2 Å². The van der Waals surface area contributed by atoms with Crippen molar-refractivity contribution in [1.82, 2.24) is 4.98 Å². The number of nitrogens with zero attached hydrogens (tertiary/aromatic N) is 1. The summed E-state index contributed by atoms with van der Waals surface area (Å²) in [7, 11) is 0. The molecule has 0 saturated carbocycles. The van der Waals surface area contributed by atoms with Gasteiger partial charge in [-0.2, -0.15) is 0 Å². The van der Waals surface area contributed by atoms with Crippen LogP contribution in [0.4, 0.5) is 5.69 Å². The van der Waals surface area contributed by atoms with E-state index in [1.54, 1.807) is 12.1 Å². The molecule has 0 aliphatic heterocycles. The summed E-state index contributed by atoms with van der Waals surface area (Å²) < 4.78 is 0.948. The van der Waals surface area contributed by atoms with Gasteiger partial charge in [0.2, 0.25) is 5.69 Å². The smallest absolute Gasteiger partial charge is 0.206 e. The number of hydrogen-bond acceptors (Lipinski definition) is 0. The Balaban J connectivity index is 2.86. The zero-order chi connectivity index (χ0) is 9.42. The van der Waals surface area contributed by atoms with Crippen LogP contribution in [0.3, 0.4) is 0 Å². The fraction of sp³-hybridized carbons (Fsp3) is 0. The summed E-state index contributed by atoms with van der Waals surface area (Å²) in [6.07, 6.45) is 1.83. The Morgan fingerprint density at radius 2 is 2.23 bits per heavy atom. The molecule has 0 atom stereocenters.